The Morgan fingerprint density at radius 3 is 2.88 bits per heavy atom. The fourth-order valence-corrected chi connectivity index (χ4v) is 0.744. The van der Waals surface area contributed by atoms with Gasteiger partial charge < -0.3 is 9.84 Å². The molecule has 8 heavy (non-hydrogen) atoms. The molecule has 46 valence electrons. The average Bonchev–Trinajstić information content (AvgIpc) is 1.64. The highest BCUT2D eigenvalue weighted by Gasteiger charge is 2.10. The molecule has 0 aromatic carbocycles. The van der Waals surface area contributed by atoms with E-state index in [0.29, 0.717) is 0 Å². The highest BCUT2D eigenvalue weighted by Crippen LogP contribution is 2.08. The third-order valence-corrected chi connectivity index (χ3v) is 1.19. The molecule has 0 spiro atoms. The van der Waals surface area contributed by atoms with Gasteiger partial charge in [0.25, 0.3) is 0 Å². The Labute approximate surface area is 48.8 Å². The Hall–Kier alpha value is -0.500. The van der Waals surface area contributed by atoms with Crippen molar-refractivity contribution in [3.63, 3.8) is 0 Å². The Kier molecular flexibility index (Phi) is 1.53. The zero-order chi connectivity index (χ0) is 5.98. The number of aliphatic hydroxyl groups is 1. The van der Waals surface area contributed by atoms with Crippen molar-refractivity contribution in [2.24, 2.45) is 0 Å². The van der Waals surface area contributed by atoms with Gasteiger partial charge in [0, 0.05) is 6.42 Å². The van der Waals surface area contributed by atoms with Gasteiger partial charge in [0.1, 0.15) is 0 Å². The van der Waals surface area contributed by atoms with Gasteiger partial charge >= 0.3 is 0 Å². The van der Waals surface area contributed by atoms with Crippen LogP contribution in [0.1, 0.15) is 13.3 Å². The van der Waals surface area contributed by atoms with Crippen LogP contribution < -0.4 is 0 Å². The molecular weight excluding hydrogens is 104 g/mol. The van der Waals surface area contributed by atoms with E-state index in [2.05, 4.69) is 0 Å². The molecule has 2 heteroatoms. The second-order valence-corrected chi connectivity index (χ2v) is 2.08. The molecule has 2 unspecified atom stereocenters. The van der Waals surface area contributed by atoms with Crippen LogP contribution in [0, 0.1) is 0 Å². The lowest BCUT2D eigenvalue weighted by molar-refractivity contribution is 0.0761. The zero-order valence-electron chi connectivity index (χ0n) is 4.87. The summed E-state index contributed by atoms with van der Waals surface area (Å²) in [7, 11) is 0. The fraction of sp³-hybridized carbons (Fsp3) is 0.667. The molecule has 2 nitrogen and oxygen atoms in total. The van der Waals surface area contributed by atoms with Crippen LogP contribution in [0.2, 0.25) is 0 Å². The van der Waals surface area contributed by atoms with Crippen LogP contribution in [-0.2, 0) is 4.74 Å². The van der Waals surface area contributed by atoms with Gasteiger partial charge in [-0.1, -0.05) is 0 Å². The second kappa shape index (κ2) is 2.18. The first kappa shape index (κ1) is 5.63. The Morgan fingerprint density at radius 2 is 2.50 bits per heavy atom. The molecule has 0 aromatic heterocycles. The molecule has 0 aliphatic carbocycles. The minimum absolute atomic E-state index is 0.176. The molecule has 1 heterocycles. The number of hydrogen-bond donors (Lipinski definition) is 1. The first-order valence-electron chi connectivity index (χ1n) is 2.79. The van der Waals surface area contributed by atoms with Crippen molar-refractivity contribution in [3.8, 4) is 0 Å². The van der Waals surface area contributed by atoms with E-state index >= 15 is 0 Å². The van der Waals surface area contributed by atoms with Crippen molar-refractivity contribution in [2.75, 3.05) is 0 Å². The third kappa shape index (κ3) is 1.23. The summed E-state index contributed by atoms with van der Waals surface area (Å²) >= 11 is 0. The maximum absolute atomic E-state index is 8.91. The minimum atomic E-state index is -0.293. The molecule has 0 bridgehead atoms. The first-order valence-corrected chi connectivity index (χ1v) is 2.79. The quantitative estimate of drug-likeness (QED) is 0.501. The zero-order valence-corrected chi connectivity index (χ0v) is 4.87. The lowest BCUT2D eigenvalue weighted by Crippen LogP contribution is -2.18. The van der Waals surface area contributed by atoms with E-state index in [0.717, 1.165) is 6.42 Å². The highest BCUT2D eigenvalue weighted by molar-refractivity contribution is 4.88. The number of aliphatic hydroxyl groups excluding tert-OH is 1. The molecule has 0 saturated carbocycles. The normalized spacial score (nSPS) is 36.8. The van der Waals surface area contributed by atoms with E-state index in [-0.39, 0.29) is 12.2 Å². The van der Waals surface area contributed by atoms with Gasteiger partial charge in [-0.15, -0.1) is 0 Å². The predicted octanol–water partition coefficient (Wildman–Crippen LogP) is 0.670. The number of hydrogen-bond acceptors (Lipinski definition) is 2. The molecule has 2 atom stereocenters. The lowest BCUT2D eigenvalue weighted by atomic mass is 10.1. The predicted molar refractivity (Wildman–Crippen MR) is 30.3 cm³/mol. The van der Waals surface area contributed by atoms with Crippen LogP contribution in [0.3, 0.4) is 0 Å². The summed E-state index contributed by atoms with van der Waals surface area (Å²) in [5.41, 5.74) is 0. The molecule has 0 fully saturated rings. The smallest absolute Gasteiger partial charge is 0.0978 e. The van der Waals surface area contributed by atoms with E-state index in [4.69, 9.17) is 9.84 Å². The maximum Gasteiger partial charge on any atom is 0.0978 e. The topological polar surface area (TPSA) is 29.5 Å². The molecule has 0 radical (unpaired) electrons. The number of ether oxygens (including phenoxy) is 1. The van der Waals surface area contributed by atoms with Gasteiger partial charge in [-0.25, -0.2) is 0 Å². The van der Waals surface area contributed by atoms with Gasteiger partial charge in [0.05, 0.1) is 18.5 Å². The molecule has 1 rings (SSSR count). The summed E-state index contributed by atoms with van der Waals surface area (Å²) in [5.74, 6) is 0. The maximum atomic E-state index is 8.91. The SMILES string of the molecule is CC1CC(O)C=CO1. The summed E-state index contributed by atoms with van der Waals surface area (Å²) in [6.45, 7) is 1.94. The third-order valence-electron chi connectivity index (χ3n) is 1.19. The van der Waals surface area contributed by atoms with Crippen LogP contribution in [0.15, 0.2) is 12.3 Å². The summed E-state index contributed by atoms with van der Waals surface area (Å²) in [4.78, 5) is 0. The van der Waals surface area contributed by atoms with Crippen molar-refractivity contribution in [3.05, 3.63) is 12.3 Å². The van der Waals surface area contributed by atoms with Crippen LogP contribution >= 0.6 is 0 Å². The number of rotatable bonds is 0. The van der Waals surface area contributed by atoms with E-state index in [1.54, 1.807) is 12.3 Å². The Balaban J connectivity index is 2.42. The van der Waals surface area contributed by atoms with Crippen molar-refractivity contribution in [2.45, 2.75) is 25.6 Å². The van der Waals surface area contributed by atoms with Gasteiger partial charge in [0.2, 0.25) is 0 Å². The minimum Gasteiger partial charge on any atom is -0.498 e. The van der Waals surface area contributed by atoms with Crippen LogP contribution in [0.5, 0.6) is 0 Å². The molecule has 0 amide bonds. The van der Waals surface area contributed by atoms with Crippen LogP contribution in [0.4, 0.5) is 0 Å². The fourth-order valence-electron chi connectivity index (χ4n) is 0.744. The lowest BCUT2D eigenvalue weighted by Gasteiger charge is -2.17. The Morgan fingerprint density at radius 1 is 1.75 bits per heavy atom. The van der Waals surface area contributed by atoms with Gasteiger partial charge in [-0.3, -0.25) is 0 Å². The van der Waals surface area contributed by atoms with E-state index in [9.17, 15) is 0 Å². The summed E-state index contributed by atoms with van der Waals surface area (Å²) in [5, 5.41) is 8.91. The van der Waals surface area contributed by atoms with Gasteiger partial charge in [0.15, 0.2) is 0 Å². The van der Waals surface area contributed by atoms with Gasteiger partial charge in [-0.05, 0) is 13.0 Å². The standard InChI is InChI=1S/C6H10O2/c1-5-4-6(7)2-3-8-5/h2-3,5-7H,4H2,1H3. The molecule has 1 aliphatic rings. The first-order chi connectivity index (χ1) is 3.79. The second-order valence-electron chi connectivity index (χ2n) is 2.08. The molecule has 1 N–H and O–H groups in total. The van der Waals surface area contributed by atoms with Gasteiger partial charge in [-0.2, -0.15) is 0 Å². The molecular formula is C6H10O2. The summed E-state index contributed by atoms with van der Waals surface area (Å²) in [6, 6.07) is 0. The van der Waals surface area contributed by atoms with Crippen molar-refractivity contribution < 1.29 is 9.84 Å². The van der Waals surface area contributed by atoms with Crippen molar-refractivity contribution >= 4 is 0 Å². The van der Waals surface area contributed by atoms with Crippen molar-refractivity contribution in [1.29, 1.82) is 0 Å². The Bertz CT molecular complexity index is 98.7. The highest BCUT2D eigenvalue weighted by atomic mass is 16.5. The molecule has 0 aromatic rings. The van der Waals surface area contributed by atoms with E-state index < -0.39 is 0 Å². The van der Waals surface area contributed by atoms with Crippen LogP contribution in [-0.4, -0.2) is 17.3 Å². The van der Waals surface area contributed by atoms with Crippen molar-refractivity contribution in [1.82, 2.24) is 0 Å². The monoisotopic (exact) mass is 114 g/mol. The largest absolute Gasteiger partial charge is 0.498 e. The van der Waals surface area contributed by atoms with Crippen LogP contribution in [0.25, 0.3) is 0 Å². The van der Waals surface area contributed by atoms with E-state index in [1.807, 2.05) is 6.92 Å². The summed E-state index contributed by atoms with van der Waals surface area (Å²) in [6.07, 6.45) is 3.81. The molecule has 1 aliphatic heterocycles. The molecule has 0 saturated heterocycles. The summed E-state index contributed by atoms with van der Waals surface area (Å²) < 4.78 is 5.01. The average molecular weight is 114 g/mol. The van der Waals surface area contributed by atoms with E-state index in [1.165, 1.54) is 0 Å².